The van der Waals surface area contributed by atoms with E-state index in [1.165, 1.54) is 21.5 Å². The van der Waals surface area contributed by atoms with Gasteiger partial charge in [-0.05, 0) is 33.0 Å². The largest absolute Gasteiger partial charge is 0.407 e. The number of rotatable bonds is 7. The molecule has 0 spiro atoms. The van der Waals surface area contributed by atoms with Gasteiger partial charge in [0.15, 0.2) is 0 Å². The predicted molar refractivity (Wildman–Crippen MR) is 126 cm³/mol. The highest BCUT2D eigenvalue weighted by atomic mass is 79.9. The fourth-order valence-corrected chi connectivity index (χ4v) is 8.82. The average Bonchev–Trinajstić information content (AvgIpc) is 2.72. The van der Waals surface area contributed by atoms with E-state index >= 15 is 0 Å². The third-order valence-corrected chi connectivity index (χ3v) is 11.0. The van der Waals surface area contributed by atoms with Gasteiger partial charge in [0.05, 0.1) is 0 Å². The van der Waals surface area contributed by atoms with Gasteiger partial charge in [-0.25, -0.2) is 0 Å². The first-order chi connectivity index (χ1) is 13.5. The Bertz CT molecular complexity index is 815. The Kier molecular flexibility index (Phi) is 6.92. The molecule has 0 bridgehead atoms. The second-order valence-electron chi connectivity index (χ2n) is 8.21. The summed E-state index contributed by atoms with van der Waals surface area (Å²) >= 11 is 3.52. The molecule has 1 nitrogen and oxygen atoms in total. The minimum absolute atomic E-state index is 0.0233. The molecule has 0 aliphatic heterocycles. The van der Waals surface area contributed by atoms with Crippen LogP contribution in [0.2, 0.25) is 5.04 Å². The van der Waals surface area contributed by atoms with E-state index in [1.54, 1.807) is 0 Å². The summed E-state index contributed by atoms with van der Waals surface area (Å²) in [7, 11) is -2.43. The quantitative estimate of drug-likeness (QED) is 0.329. The van der Waals surface area contributed by atoms with Gasteiger partial charge in [0, 0.05) is 11.9 Å². The van der Waals surface area contributed by atoms with Crippen LogP contribution in [0.1, 0.15) is 31.9 Å². The predicted octanol–water partition coefficient (Wildman–Crippen LogP) is 5.70. The van der Waals surface area contributed by atoms with Crippen molar-refractivity contribution < 1.29 is 4.43 Å². The lowest BCUT2D eigenvalue weighted by molar-refractivity contribution is 0.302. The normalized spacial score (nSPS) is 12.1. The number of halogens is 1. The van der Waals surface area contributed by atoms with Crippen molar-refractivity contribution in [3.05, 3.63) is 96.1 Å². The van der Waals surface area contributed by atoms with E-state index in [0.29, 0.717) is 0 Å². The second kappa shape index (κ2) is 9.21. The molecule has 0 aromatic heterocycles. The molecule has 146 valence electrons. The zero-order valence-corrected chi connectivity index (χ0v) is 19.6. The molecule has 3 heteroatoms. The third kappa shape index (κ3) is 4.48. The molecule has 3 aromatic carbocycles. The van der Waals surface area contributed by atoms with Crippen molar-refractivity contribution in [2.24, 2.45) is 0 Å². The summed E-state index contributed by atoms with van der Waals surface area (Å²) in [5.41, 5.74) is 2.62. The van der Waals surface area contributed by atoms with Crippen LogP contribution in [0.4, 0.5) is 0 Å². The highest BCUT2D eigenvalue weighted by Crippen LogP contribution is 2.36. The van der Waals surface area contributed by atoms with E-state index in [0.717, 1.165) is 18.4 Å². The highest BCUT2D eigenvalue weighted by Gasteiger charge is 2.49. The summed E-state index contributed by atoms with van der Waals surface area (Å²) < 4.78 is 6.96. The Morgan fingerprint density at radius 3 is 1.61 bits per heavy atom. The topological polar surface area (TPSA) is 9.23 Å². The minimum atomic E-state index is -2.43. The maximum atomic E-state index is 6.96. The van der Waals surface area contributed by atoms with Gasteiger partial charge in [-0.15, -0.1) is 0 Å². The van der Waals surface area contributed by atoms with Crippen LogP contribution < -0.4 is 10.4 Å². The van der Waals surface area contributed by atoms with Gasteiger partial charge in [-0.3, -0.25) is 0 Å². The van der Waals surface area contributed by atoms with Gasteiger partial charge in [0.1, 0.15) is 0 Å². The maximum absolute atomic E-state index is 6.96. The van der Waals surface area contributed by atoms with Gasteiger partial charge in [0.2, 0.25) is 0 Å². The molecule has 28 heavy (non-hydrogen) atoms. The van der Waals surface area contributed by atoms with Crippen LogP contribution in [-0.2, 0) is 16.2 Å². The molecule has 0 heterocycles. The molecule has 3 aromatic rings. The molecule has 0 atom stereocenters. The van der Waals surface area contributed by atoms with Crippen molar-refractivity contribution in [1.29, 1.82) is 0 Å². The Hall–Kier alpha value is -1.68. The van der Waals surface area contributed by atoms with E-state index < -0.39 is 8.32 Å². The van der Waals surface area contributed by atoms with E-state index in [1.807, 2.05) is 0 Å². The van der Waals surface area contributed by atoms with Crippen LogP contribution in [-0.4, -0.2) is 14.9 Å². The van der Waals surface area contributed by atoms with Crippen LogP contribution in [0.25, 0.3) is 0 Å². The summed E-state index contributed by atoms with van der Waals surface area (Å²) in [5.74, 6) is 0. The molecular weight excluding hydrogens is 424 g/mol. The van der Waals surface area contributed by atoms with Gasteiger partial charge < -0.3 is 4.43 Å². The number of hydrogen-bond donors (Lipinski definition) is 0. The summed E-state index contributed by atoms with van der Waals surface area (Å²) in [5, 5.41) is 3.59. The number of benzene rings is 3. The smallest absolute Gasteiger partial charge is 0.261 e. The lowest BCUT2D eigenvalue weighted by atomic mass is 10.1. The molecular formula is C25H29BrOSi. The molecule has 0 amide bonds. The van der Waals surface area contributed by atoms with Crippen LogP contribution in [0.15, 0.2) is 84.9 Å². The Labute approximate surface area is 179 Å². The molecule has 0 fully saturated rings. The van der Waals surface area contributed by atoms with E-state index in [4.69, 9.17) is 4.43 Å². The number of hydrogen-bond acceptors (Lipinski definition) is 1. The zero-order valence-electron chi connectivity index (χ0n) is 17.0. The molecule has 0 N–H and O–H groups in total. The fraction of sp³-hybridized carbons (Fsp3) is 0.280. The summed E-state index contributed by atoms with van der Waals surface area (Å²) in [6.45, 7) is 7.69. The molecule has 0 saturated heterocycles. The number of alkyl halides is 1. The Balaban J connectivity index is 1.93. The SMILES string of the molecule is CC(C)(C)[Si](OCCc1ccc(CBr)cc1)(c1ccccc1)c1ccccc1. The van der Waals surface area contributed by atoms with Gasteiger partial charge in [0.25, 0.3) is 8.32 Å². The van der Waals surface area contributed by atoms with Crippen molar-refractivity contribution in [3.8, 4) is 0 Å². The monoisotopic (exact) mass is 452 g/mol. The van der Waals surface area contributed by atoms with E-state index in [-0.39, 0.29) is 5.04 Å². The van der Waals surface area contributed by atoms with Gasteiger partial charge in [-0.2, -0.15) is 0 Å². The Morgan fingerprint density at radius 2 is 1.18 bits per heavy atom. The van der Waals surface area contributed by atoms with Crippen LogP contribution in [0, 0.1) is 0 Å². The molecule has 3 rings (SSSR count). The Morgan fingerprint density at radius 1 is 0.714 bits per heavy atom. The van der Waals surface area contributed by atoms with Gasteiger partial charge in [-0.1, -0.05) is 122 Å². The lowest BCUT2D eigenvalue weighted by Gasteiger charge is -2.43. The van der Waals surface area contributed by atoms with Crippen molar-refractivity contribution in [2.75, 3.05) is 6.61 Å². The van der Waals surface area contributed by atoms with Crippen molar-refractivity contribution in [3.63, 3.8) is 0 Å². The van der Waals surface area contributed by atoms with E-state index in [2.05, 4.69) is 122 Å². The standard InChI is InChI=1S/C25H29BrOSi/c1-25(2,3)28(23-10-6-4-7-11-23,24-12-8-5-9-13-24)27-19-18-21-14-16-22(20-26)17-15-21/h4-17H,18-20H2,1-3H3. The summed E-state index contributed by atoms with van der Waals surface area (Å²) in [6.07, 6.45) is 0.924. The van der Waals surface area contributed by atoms with Gasteiger partial charge >= 0.3 is 0 Å². The molecule has 0 aliphatic carbocycles. The summed E-state index contributed by atoms with van der Waals surface area (Å²) in [6, 6.07) is 30.5. The van der Waals surface area contributed by atoms with Crippen molar-refractivity contribution >= 4 is 34.6 Å². The second-order valence-corrected chi connectivity index (χ2v) is 13.1. The first-order valence-electron chi connectivity index (χ1n) is 9.86. The highest BCUT2D eigenvalue weighted by molar-refractivity contribution is 9.08. The molecule has 0 unspecified atom stereocenters. The van der Waals surface area contributed by atoms with Crippen molar-refractivity contribution in [1.82, 2.24) is 0 Å². The maximum Gasteiger partial charge on any atom is 0.261 e. The third-order valence-electron chi connectivity index (χ3n) is 5.30. The minimum Gasteiger partial charge on any atom is -0.407 e. The van der Waals surface area contributed by atoms with Crippen LogP contribution >= 0.6 is 15.9 Å². The first kappa shape index (κ1) is 21.0. The molecule has 0 aliphatic rings. The first-order valence-corrected chi connectivity index (χ1v) is 12.9. The molecule has 0 radical (unpaired) electrons. The zero-order chi connectivity index (χ0) is 20.0. The van der Waals surface area contributed by atoms with Crippen molar-refractivity contribution in [2.45, 2.75) is 37.6 Å². The van der Waals surface area contributed by atoms with E-state index in [9.17, 15) is 0 Å². The fourth-order valence-electron chi connectivity index (χ4n) is 3.88. The lowest BCUT2D eigenvalue weighted by Crippen LogP contribution is -2.66. The molecule has 0 saturated carbocycles. The average molecular weight is 453 g/mol. The van der Waals surface area contributed by atoms with Crippen LogP contribution in [0.3, 0.4) is 0 Å². The van der Waals surface area contributed by atoms with Crippen LogP contribution in [0.5, 0.6) is 0 Å². The summed E-state index contributed by atoms with van der Waals surface area (Å²) in [4.78, 5) is 0.